The first-order valence-corrected chi connectivity index (χ1v) is 5.21. The monoisotopic (exact) mass is 253 g/mol. The molecule has 7 heteroatoms. The normalized spacial score (nSPS) is 13.5. The Balaban J connectivity index is 2.79. The van der Waals surface area contributed by atoms with Gasteiger partial charge in [0, 0.05) is 11.5 Å². The van der Waals surface area contributed by atoms with E-state index >= 15 is 0 Å². The van der Waals surface area contributed by atoms with E-state index in [2.05, 4.69) is 10.0 Å². The molecule has 1 aromatic rings. The van der Waals surface area contributed by atoms with Gasteiger partial charge in [-0.1, -0.05) is 11.2 Å². The summed E-state index contributed by atoms with van der Waals surface area (Å²) >= 11 is 0. The van der Waals surface area contributed by atoms with Crippen LogP contribution >= 0.6 is 0 Å². The SMILES string of the molecule is [N-]=[N+]=NCCC(O)C(O)c1ccc(F)c(C=O)c1. The van der Waals surface area contributed by atoms with Crippen LogP contribution < -0.4 is 0 Å². The third-order valence-electron chi connectivity index (χ3n) is 2.44. The first-order chi connectivity index (χ1) is 8.60. The van der Waals surface area contributed by atoms with Crippen molar-refractivity contribution >= 4 is 6.29 Å². The van der Waals surface area contributed by atoms with Crippen LogP contribution in [0.25, 0.3) is 10.4 Å². The van der Waals surface area contributed by atoms with Gasteiger partial charge in [-0.25, -0.2) is 4.39 Å². The minimum absolute atomic E-state index is 0.0382. The second-order valence-corrected chi connectivity index (χ2v) is 3.65. The molecule has 1 aromatic carbocycles. The molecule has 2 N–H and O–H groups in total. The largest absolute Gasteiger partial charge is 0.390 e. The van der Waals surface area contributed by atoms with Gasteiger partial charge in [0.1, 0.15) is 11.9 Å². The number of azide groups is 1. The van der Waals surface area contributed by atoms with Gasteiger partial charge < -0.3 is 10.2 Å². The van der Waals surface area contributed by atoms with Crippen molar-refractivity contribution in [2.75, 3.05) is 6.54 Å². The molecule has 2 atom stereocenters. The summed E-state index contributed by atoms with van der Waals surface area (Å²) in [4.78, 5) is 13.1. The van der Waals surface area contributed by atoms with Gasteiger partial charge in [-0.05, 0) is 29.6 Å². The van der Waals surface area contributed by atoms with Crippen molar-refractivity contribution in [3.05, 3.63) is 45.6 Å². The standard InChI is InChI=1S/C11H12FN3O3/c12-9-2-1-7(5-8(9)6-16)11(18)10(17)3-4-14-15-13/h1-2,5-6,10-11,17-18H,3-4H2. The Kier molecular flexibility index (Phi) is 5.26. The van der Waals surface area contributed by atoms with Gasteiger partial charge >= 0.3 is 0 Å². The van der Waals surface area contributed by atoms with Crippen molar-refractivity contribution in [3.8, 4) is 0 Å². The van der Waals surface area contributed by atoms with Crippen LogP contribution in [0.2, 0.25) is 0 Å². The van der Waals surface area contributed by atoms with Crippen LogP contribution in [0.1, 0.15) is 28.4 Å². The summed E-state index contributed by atoms with van der Waals surface area (Å²) in [7, 11) is 0. The average molecular weight is 253 g/mol. The molecular weight excluding hydrogens is 241 g/mol. The summed E-state index contributed by atoms with van der Waals surface area (Å²) in [5.41, 5.74) is 8.11. The fraction of sp³-hybridized carbons (Fsp3) is 0.364. The summed E-state index contributed by atoms with van der Waals surface area (Å²) in [5, 5.41) is 22.6. The number of carbonyl (C=O) groups is 1. The van der Waals surface area contributed by atoms with E-state index < -0.39 is 18.0 Å². The van der Waals surface area contributed by atoms with Crippen molar-refractivity contribution in [3.63, 3.8) is 0 Å². The van der Waals surface area contributed by atoms with Gasteiger partial charge in [-0.3, -0.25) is 4.79 Å². The van der Waals surface area contributed by atoms with Crippen LogP contribution in [-0.2, 0) is 0 Å². The zero-order valence-electron chi connectivity index (χ0n) is 9.40. The number of aldehydes is 1. The molecule has 6 nitrogen and oxygen atoms in total. The molecule has 0 aliphatic carbocycles. The molecule has 0 amide bonds. The van der Waals surface area contributed by atoms with Gasteiger partial charge in [0.05, 0.1) is 11.7 Å². The van der Waals surface area contributed by atoms with E-state index in [1.54, 1.807) is 0 Å². The van der Waals surface area contributed by atoms with Crippen molar-refractivity contribution in [1.82, 2.24) is 0 Å². The highest BCUT2D eigenvalue weighted by Gasteiger charge is 2.18. The van der Waals surface area contributed by atoms with E-state index in [0.29, 0.717) is 6.29 Å². The maximum Gasteiger partial charge on any atom is 0.153 e. The maximum absolute atomic E-state index is 13.1. The lowest BCUT2D eigenvalue weighted by atomic mass is 10.0. The first-order valence-electron chi connectivity index (χ1n) is 5.21. The van der Waals surface area contributed by atoms with Crippen molar-refractivity contribution in [2.45, 2.75) is 18.6 Å². The van der Waals surface area contributed by atoms with E-state index in [4.69, 9.17) is 5.53 Å². The quantitative estimate of drug-likeness (QED) is 0.349. The minimum atomic E-state index is -1.27. The number of aliphatic hydroxyl groups is 2. The lowest BCUT2D eigenvalue weighted by Crippen LogP contribution is -2.19. The lowest BCUT2D eigenvalue weighted by Gasteiger charge is -2.17. The number of carbonyl (C=O) groups excluding carboxylic acids is 1. The van der Waals surface area contributed by atoms with Crippen LogP contribution in [-0.4, -0.2) is 29.1 Å². The van der Waals surface area contributed by atoms with Gasteiger partial charge in [0.15, 0.2) is 6.29 Å². The smallest absolute Gasteiger partial charge is 0.153 e. The molecule has 0 aliphatic heterocycles. The van der Waals surface area contributed by atoms with E-state index in [-0.39, 0.29) is 24.1 Å². The second-order valence-electron chi connectivity index (χ2n) is 3.65. The Morgan fingerprint density at radius 1 is 1.50 bits per heavy atom. The molecule has 0 bridgehead atoms. The zero-order chi connectivity index (χ0) is 13.5. The van der Waals surface area contributed by atoms with E-state index in [0.717, 1.165) is 6.07 Å². The lowest BCUT2D eigenvalue weighted by molar-refractivity contribution is 0.0150. The summed E-state index contributed by atoms with van der Waals surface area (Å²) in [6, 6.07) is 3.50. The molecule has 0 aliphatic rings. The van der Waals surface area contributed by atoms with Gasteiger partial charge in [0.2, 0.25) is 0 Å². The number of benzene rings is 1. The molecule has 1 rings (SSSR count). The van der Waals surface area contributed by atoms with Crippen LogP contribution in [0.5, 0.6) is 0 Å². The Bertz CT molecular complexity index is 475. The van der Waals surface area contributed by atoms with Crippen LogP contribution in [0.3, 0.4) is 0 Å². The highest BCUT2D eigenvalue weighted by molar-refractivity contribution is 5.75. The van der Waals surface area contributed by atoms with Crippen LogP contribution in [0, 0.1) is 5.82 Å². The Morgan fingerprint density at radius 3 is 2.83 bits per heavy atom. The molecule has 18 heavy (non-hydrogen) atoms. The Hall–Kier alpha value is -1.95. The van der Waals surface area contributed by atoms with E-state index in [1.165, 1.54) is 12.1 Å². The highest BCUT2D eigenvalue weighted by Crippen LogP contribution is 2.21. The predicted molar refractivity (Wildman–Crippen MR) is 61.4 cm³/mol. The predicted octanol–water partition coefficient (Wildman–Crippen LogP) is 1.73. The fourth-order valence-corrected chi connectivity index (χ4v) is 1.45. The molecule has 0 radical (unpaired) electrons. The van der Waals surface area contributed by atoms with Crippen molar-refractivity contribution in [1.29, 1.82) is 0 Å². The van der Waals surface area contributed by atoms with Gasteiger partial charge in [-0.2, -0.15) is 0 Å². The minimum Gasteiger partial charge on any atom is -0.390 e. The summed E-state index contributed by atoms with van der Waals surface area (Å²) in [5.74, 6) is -0.690. The Labute approximate surface area is 102 Å². The number of nitrogens with zero attached hydrogens (tertiary/aromatic N) is 3. The topological polar surface area (TPSA) is 106 Å². The first kappa shape index (κ1) is 14.1. The molecule has 0 spiro atoms. The molecule has 0 aromatic heterocycles. The average Bonchev–Trinajstić information content (AvgIpc) is 2.38. The van der Waals surface area contributed by atoms with Crippen molar-refractivity contribution in [2.24, 2.45) is 5.11 Å². The highest BCUT2D eigenvalue weighted by atomic mass is 19.1. The summed E-state index contributed by atoms with van der Waals surface area (Å²) < 4.78 is 13.1. The van der Waals surface area contributed by atoms with E-state index in [9.17, 15) is 19.4 Å². The maximum atomic E-state index is 13.1. The molecule has 96 valence electrons. The summed E-state index contributed by atoms with van der Waals surface area (Å²) in [6.07, 6.45) is -2.02. The second kappa shape index (κ2) is 6.70. The van der Waals surface area contributed by atoms with Crippen molar-refractivity contribution < 1.29 is 19.4 Å². The third-order valence-corrected chi connectivity index (χ3v) is 2.44. The molecule has 0 saturated carbocycles. The van der Waals surface area contributed by atoms with Crippen LogP contribution in [0.4, 0.5) is 4.39 Å². The van der Waals surface area contributed by atoms with E-state index in [1.807, 2.05) is 0 Å². The molecular formula is C11H12FN3O3. The molecule has 2 unspecified atom stereocenters. The Morgan fingerprint density at radius 2 is 2.22 bits per heavy atom. The summed E-state index contributed by atoms with van der Waals surface area (Å²) in [6.45, 7) is 0.0382. The number of rotatable bonds is 6. The molecule has 0 saturated heterocycles. The zero-order valence-corrected chi connectivity index (χ0v) is 9.40. The number of hydrogen-bond acceptors (Lipinski definition) is 4. The van der Waals surface area contributed by atoms with Gasteiger partial charge in [0.25, 0.3) is 0 Å². The number of aliphatic hydroxyl groups excluding tert-OH is 2. The molecule has 0 fully saturated rings. The number of halogens is 1. The molecule has 0 heterocycles. The fourth-order valence-electron chi connectivity index (χ4n) is 1.45. The third kappa shape index (κ3) is 3.53. The van der Waals surface area contributed by atoms with Gasteiger partial charge in [-0.15, -0.1) is 0 Å². The van der Waals surface area contributed by atoms with Crippen LogP contribution in [0.15, 0.2) is 23.3 Å². The number of hydrogen-bond donors (Lipinski definition) is 2.